The van der Waals surface area contributed by atoms with Gasteiger partial charge in [0, 0.05) is 19.5 Å². The van der Waals surface area contributed by atoms with E-state index in [4.69, 9.17) is 0 Å². The van der Waals surface area contributed by atoms with Crippen LogP contribution in [0.5, 0.6) is 0 Å². The van der Waals surface area contributed by atoms with Crippen LogP contribution in [0.1, 0.15) is 5.56 Å². The van der Waals surface area contributed by atoms with E-state index >= 15 is 0 Å². The highest BCUT2D eigenvalue weighted by Crippen LogP contribution is 2.23. The third-order valence-electron chi connectivity index (χ3n) is 2.53. The Hall–Kier alpha value is -1.00. The van der Waals surface area contributed by atoms with E-state index in [0.29, 0.717) is 18.7 Å². The number of hydrogen-bond donors (Lipinski definition) is 2. The van der Waals surface area contributed by atoms with Crippen molar-refractivity contribution in [3.63, 3.8) is 0 Å². The van der Waals surface area contributed by atoms with Crippen molar-refractivity contribution >= 4 is 0 Å². The molecule has 0 bridgehead atoms. The lowest BCUT2D eigenvalue weighted by Gasteiger charge is -2.23. The Morgan fingerprint density at radius 3 is 2.33 bits per heavy atom. The lowest BCUT2D eigenvalue weighted by Crippen LogP contribution is -2.49. The van der Waals surface area contributed by atoms with Gasteiger partial charge < -0.3 is 0 Å². The highest BCUT2D eigenvalue weighted by atomic mass is 19.3. The lowest BCUT2D eigenvalue weighted by atomic mass is 10.1. The van der Waals surface area contributed by atoms with Gasteiger partial charge in [0.25, 0.3) is 5.92 Å². The Bertz CT molecular complexity index is 308. The minimum Gasteiger partial charge on any atom is -0.296 e. The SMILES string of the molecule is FC(F)(Cc1ccccc1)C1NCCN1. The van der Waals surface area contributed by atoms with Crippen molar-refractivity contribution < 1.29 is 8.78 Å². The number of benzene rings is 1. The zero-order chi connectivity index (χ0) is 10.7. The van der Waals surface area contributed by atoms with Gasteiger partial charge in [-0.3, -0.25) is 10.6 Å². The molecule has 1 fully saturated rings. The number of halogens is 2. The van der Waals surface area contributed by atoms with E-state index in [1.807, 2.05) is 6.07 Å². The van der Waals surface area contributed by atoms with Crippen LogP contribution in [0.25, 0.3) is 0 Å². The monoisotopic (exact) mass is 212 g/mol. The average molecular weight is 212 g/mol. The standard InChI is InChI=1S/C11H14F2N2/c12-11(13,10-14-6-7-15-10)8-9-4-2-1-3-5-9/h1-5,10,14-15H,6-8H2. The summed E-state index contributed by atoms with van der Waals surface area (Å²) in [6, 6.07) is 8.83. The van der Waals surface area contributed by atoms with Gasteiger partial charge in [-0.1, -0.05) is 30.3 Å². The van der Waals surface area contributed by atoms with E-state index in [9.17, 15) is 8.78 Å². The van der Waals surface area contributed by atoms with Gasteiger partial charge in [0.1, 0.15) is 6.17 Å². The zero-order valence-corrected chi connectivity index (χ0v) is 8.34. The molecule has 0 atom stereocenters. The van der Waals surface area contributed by atoms with E-state index in [1.165, 1.54) is 0 Å². The second kappa shape index (κ2) is 4.24. The van der Waals surface area contributed by atoms with Gasteiger partial charge in [0.2, 0.25) is 0 Å². The molecule has 1 aromatic rings. The fourth-order valence-corrected chi connectivity index (χ4v) is 1.77. The molecule has 1 saturated heterocycles. The fraction of sp³-hybridized carbons (Fsp3) is 0.455. The number of hydrogen-bond acceptors (Lipinski definition) is 2. The van der Waals surface area contributed by atoms with Crippen molar-refractivity contribution in [3.8, 4) is 0 Å². The van der Waals surface area contributed by atoms with Crippen molar-refractivity contribution in [1.82, 2.24) is 10.6 Å². The molecular weight excluding hydrogens is 198 g/mol. The molecule has 0 unspecified atom stereocenters. The van der Waals surface area contributed by atoms with Crippen LogP contribution >= 0.6 is 0 Å². The molecule has 1 heterocycles. The van der Waals surface area contributed by atoms with E-state index < -0.39 is 12.1 Å². The molecule has 2 nitrogen and oxygen atoms in total. The highest BCUT2D eigenvalue weighted by molar-refractivity contribution is 5.17. The maximum atomic E-state index is 13.7. The summed E-state index contributed by atoms with van der Waals surface area (Å²) in [5.74, 6) is -2.74. The number of alkyl halides is 2. The summed E-state index contributed by atoms with van der Waals surface area (Å²) in [4.78, 5) is 0. The quantitative estimate of drug-likeness (QED) is 0.791. The third-order valence-corrected chi connectivity index (χ3v) is 2.53. The largest absolute Gasteiger partial charge is 0.296 e. The Labute approximate surface area is 87.7 Å². The van der Waals surface area contributed by atoms with Crippen molar-refractivity contribution in [2.45, 2.75) is 18.5 Å². The zero-order valence-electron chi connectivity index (χ0n) is 8.34. The summed E-state index contributed by atoms with van der Waals surface area (Å²) < 4.78 is 27.4. The maximum Gasteiger partial charge on any atom is 0.279 e. The maximum absolute atomic E-state index is 13.7. The Morgan fingerprint density at radius 1 is 1.13 bits per heavy atom. The molecule has 0 saturated carbocycles. The predicted molar refractivity (Wildman–Crippen MR) is 54.9 cm³/mol. The fourth-order valence-electron chi connectivity index (χ4n) is 1.77. The second-order valence-electron chi connectivity index (χ2n) is 3.76. The van der Waals surface area contributed by atoms with Crippen LogP contribution in [-0.4, -0.2) is 25.2 Å². The van der Waals surface area contributed by atoms with Crippen molar-refractivity contribution in [3.05, 3.63) is 35.9 Å². The molecule has 1 aliphatic heterocycles. The van der Waals surface area contributed by atoms with Gasteiger partial charge in [-0.2, -0.15) is 0 Å². The molecule has 0 spiro atoms. The summed E-state index contributed by atoms with van der Waals surface area (Å²) in [6.07, 6.45) is -1.11. The summed E-state index contributed by atoms with van der Waals surface area (Å²) in [7, 11) is 0. The second-order valence-corrected chi connectivity index (χ2v) is 3.76. The van der Waals surface area contributed by atoms with Crippen LogP contribution in [0.4, 0.5) is 8.78 Å². The summed E-state index contributed by atoms with van der Waals surface area (Å²) in [5.41, 5.74) is 0.665. The summed E-state index contributed by atoms with van der Waals surface area (Å²) in [6.45, 7) is 1.21. The molecule has 1 aromatic carbocycles. The first-order chi connectivity index (χ1) is 7.18. The predicted octanol–water partition coefficient (Wildman–Crippen LogP) is 1.38. The molecule has 0 aromatic heterocycles. The summed E-state index contributed by atoms with van der Waals surface area (Å²) in [5, 5.41) is 5.51. The van der Waals surface area contributed by atoms with E-state index in [2.05, 4.69) is 10.6 Å². The molecule has 1 aliphatic rings. The van der Waals surface area contributed by atoms with E-state index in [0.717, 1.165) is 0 Å². The van der Waals surface area contributed by atoms with Crippen molar-refractivity contribution in [2.75, 3.05) is 13.1 Å². The summed E-state index contributed by atoms with van der Waals surface area (Å²) >= 11 is 0. The van der Waals surface area contributed by atoms with Crippen LogP contribution in [-0.2, 0) is 6.42 Å². The van der Waals surface area contributed by atoms with Crippen LogP contribution in [0.3, 0.4) is 0 Å². The van der Waals surface area contributed by atoms with E-state index in [1.54, 1.807) is 24.3 Å². The van der Waals surface area contributed by atoms with Gasteiger partial charge in [-0.25, -0.2) is 8.78 Å². The lowest BCUT2D eigenvalue weighted by molar-refractivity contribution is -0.0376. The van der Waals surface area contributed by atoms with Crippen molar-refractivity contribution in [1.29, 1.82) is 0 Å². The number of nitrogens with one attached hydrogen (secondary N) is 2. The average Bonchev–Trinajstić information content (AvgIpc) is 2.71. The van der Waals surface area contributed by atoms with Gasteiger partial charge in [0.05, 0.1) is 0 Å². The Morgan fingerprint density at radius 2 is 1.73 bits per heavy atom. The molecule has 2 N–H and O–H groups in total. The molecule has 2 rings (SSSR count). The topological polar surface area (TPSA) is 24.1 Å². The normalized spacial score (nSPS) is 18.3. The van der Waals surface area contributed by atoms with Crippen LogP contribution in [0.15, 0.2) is 30.3 Å². The van der Waals surface area contributed by atoms with Gasteiger partial charge >= 0.3 is 0 Å². The molecule has 15 heavy (non-hydrogen) atoms. The molecule has 0 aliphatic carbocycles. The van der Waals surface area contributed by atoms with E-state index in [-0.39, 0.29) is 6.42 Å². The van der Waals surface area contributed by atoms with Gasteiger partial charge in [0.15, 0.2) is 0 Å². The highest BCUT2D eigenvalue weighted by Gasteiger charge is 2.40. The molecular formula is C11H14F2N2. The first-order valence-electron chi connectivity index (χ1n) is 5.07. The van der Waals surface area contributed by atoms with Crippen LogP contribution in [0, 0.1) is 0 Å². The van der Waals surface area contributed by atoms with Gasteiger partial charge in [-0.05, 0) is 5.56 Å². The van der Waals surface area contributed by atoms with Gasteiger partial charge in [-0.15, -0.1) is 0 Å². The first-order valence-corrected chi connectivity index (χ1v) is 5.07. The third kappa shape index (κ3) is 2.52. The Balaban J connectivity index is 2.03. The number of rotatable bonds is 3. The molecule has 0 amide bonds. The smallest absolute Gasteiger partial charge is 0.279 e. The van der Waals surface area contributed by atoms with Crippen LogP contribution < -0.4 is 10.6 Å². The Kier molecular flexibility index (Phi) is 2.98. The molecule has 4 heteroatoms. The first kappa shape index (κ1) is 10.5. The molecule has 0 radical (unpaired) electrons. The minimum atomic E-state index is -2.74. The molecule has 82 valence electrons. The van der Waals surface area contributed by atoms with Crippen molar-refractivity contribution in [2.24, 2.45) is 0 Å². The minimum absolute atomic E-state index is 0.224. The van der Waals surface area contributed by atoms with Crippen LogP contribution in [0.2, 0.25) is 0 Å².